The summed E-state index contributed by atoms with van der Waals surface area (Å²) in [7, 11) is 1.56. The summed E-state index contributed by atoms with van der Waals surface area (Å²) < 4.78 is 5.05. The molecule has 0 aliphatic heterocycles. The van der Waals surface area contributed by atoms with E-state index in [-0.39, 0.29) is 11.9 Å². The van der Waals surface area contributed by atoms with Crippen LogP contribution in [0, 0.1) is 53.3 Å². The minimum Gasteiger partial charge on any atom is -0.469 e. The lowest BCUT2D eigenvalue weighted by Crippen LogP contribution is -2.41. The van der Waals surface area contributed by atoms with Gasteiger partial charge in [0.15, 0.2) is 0 Å². The van der Waals surface area contributed by atoms with Gasteiger partial charge in [-0.25, -0.2) is 0 Å². The standard InChI is InChI=1S/C17H26O2/c1-4-10-8(2)11-7-13(10)16-12-5-9(15(11)16)6-14(12)17(18)19-3/h8-16H,4-7H2,1-3H3. The third kappa shape index (κ3) is 1.36. The maximum Gasteiger partial charge on any atom is 0.308 e. The number of carbonyl (C=O) groups is 1. The molecule has 0 radical (unpaired) electrons. The van der Waals surface area contributed by atoms with Gasteiger partial charge in [-0.15, -0.1) is 0 Å². The molecule has 9 unspecified atom stereocenters. The summed E-state index contributed by atoms with van der Waals surface area (Å²) in [6.45, 7) is 4.86. The van der Waals surface area contributed by atoms with E-state index in [0.29, 0.717) is 5.92 Å². The molecular formula is C17H26O2. The lowest BCUT2D eigenvalue weighted by Gasteiger charge is -2.43. The van der Waals surface area contributed by atoms with Gasteiger partial charge < -0.3 is 4.74 Å². The van der Waals surface area contributed by atoms with Gasteiger partial charge in [0, 0.05) is 0 Å². The second-order valence-corrected chi connectivity index (χ2v) is 7.67. The molecule has 4 aliphatic carbocycles. The average molecular weight is 262 g/mol. The molecule has 0 aromatic heterocycles. The van der Waals surface area contributed by atoms with Crippen molar-refractivity contribution < 1.29 is 9.53 Å². The smallest absolute Gasteiger partial charge is 0.308 e. The highest BCUT2D eigenvalue weighted by Gasteiger charge is 2.67. The largest absolute Gasteiger partial charge is 0.469 e. The Hall–Kier alpha value is -0.530. The third-order valence-corrected chi connectivity index (χ3v) is 7.54. The maximum absolute atomic E-state index is 12.0. The van der Waals surface area contributed by atoms with Crippen LogP contribution in [0.3, 0.4) is 0 Å². The summed E-state index contributed by atoms with van der Waals surface area (Å²) in [5.41, 5.74) is 0. The molecule has 0 heterocycles. The summed E-state index contributed by atoms with van der Waals surface area (Å²) in [6.07, 6.45) is 5.26. The molecule has 4 saturated carbocycles. The Balaban J connectivity index is 1.63. The van der Waals surface area contributed by atoms with Crippen LogP contribution in [0.15, 0.2) is 0 Å². The number of hydrogen-bond donors (Lipinski definition) is 0. The number of methoxy groups -OCH3 is 1. The highest BCUT2D eigenvalue weighted by Crippen LogP contribution is 2.71. The SMILES string of the molecule is CCC1C(C)C2CC1C1C3CC(CC3C(=O)OC)C21. The monoisotopic (exact) mass is 262 g/mol. The first-order valence-electron chi connectivity index (χ1n) is 8.25. The van der Waals surface area contributed by atoms with E-state index in [1.54, 1.807) is 7.11 Å². The van der Waals surface area contributed by atoms with Crippen molar-refractivity contribution in [1.82, 2.24) is 0 Å². The molecule has 0 spiro atoms. The molecule has 2 heteroatoms. The average Bonchev–Trinajstić information content (AvgIpc) is 3.13. The maximum atomic E-state index is 12.0. The Bertz CT molecular complexity index is 404. The van der Waals surface area contributed by atoms with Crippen LogP contribution in [-0.4, -0.2) is 13.1 Å². The number of rotatable bonds is 2. The van der Waals surface area contributed by atoms with E-state index in [9.17, 15) is 4.79 Å². The van der Waals surface area contributed by atoms with Crippen LogP contribution in [0.5, 0.6) is 0 Å². The summed E-state index contributed by atoms with van der Waals surface area (Å²) in [5, 5.41) is 0. The second-order valence-electron chi connectivity index (χ2n) is 7.67. The van der Waals surface area contributed by atoms with Crippen LogP contribution in [-0.2, 0) is 9.53 Å². The Labute approximate surface area is 116 Å². The fourth-order valence-electron chi connectivity index (χ4n) is 7.15. The van der Waals surface area contributed by atoms with Crippen molar-refractivity contribution in [2.24, 2.45) is 53.3 Å². The summed E-state index contributed by atoms with van der Waals surface area (Å²) in [5.74, 6) is 7.44. The van der Waals surface area contributed by atoms with Crippen molar-refractivity contribution in [3.05, 3.63) is 0 Å². The molecule has 4 fully saturated rings. The number of esters is 1. The van der Waals surface area contributed by atoms with Crippen molar-refractivity contribution in [1.29, 1.82) is 0 Å². The van der Waals surface area contributed by atoms with Gasteiger partial charge in [0.1, 0.15) is 0 Å². The van der Waals surface area contributed by atoms with Crippen molar-refractivity contribution in [2.45, 2.75) is 39.5 Å². The molecule has 0 amide bonds. The zero-order chi connectivity index (χ0) is 13.3. The van der Waals surface area contributed by atoms with Crippen LogP contribution < -0.4 is 0 Å². The highest BCUT2D eigenvalue weighted by atomic mass is 16.5. The van der Waals surface area contributed by atoms with Crippen molar-refractivity contribution in [2.75, 3.05) is 7.11 Å². The number of carbonyl (C=O) groups excluding carboxylic acids is 1. The van der Waals surface area contributed by atoms with E-state index in [1.807, 2.05) is 0 Å². The van der Waals surface area contributed by atoms with Gasteiger partial charge in [-0.2, -0.15) is 0 Å². The molecule has 0 aromatic rings. The molecule has 0 saturated heterocycles. The van der Waals surface area contributed by atoms with Gasteiger partial charge in [-0.3, -0.25) is 4.79 Å². The molecule has 2 nitrogen and oxygen atoms in total. The lowest BCUT2D eigenvalue weighted by molar-refractivity contribution is -0.149. The number of ether oxygens (including phenoxy) is 1. The van der Waals surface area contributed by atoms with Crippen molar-refractivity contribution in [3.8, 4) is 0 Å². The Morgan fingerprint density at radius 3 is 2.58 bits per heavy atom. The zero-order valence-electron chi connectivity index (χ0n) is 12.3. The van der Waals surface area contributed by atoms with Crippen LogP contribution in [0.2, 0.25) is 0 Å². The summed E-state index contributed by atoms with van der Waals surface area (Å²) in [4.78, 5) is 12.0. The van der Waals surface area contributed by atoms with Crippen LogP contribution >= 0.6 is 0 Å². The molecular weight excluding hydrogens is 236 g/mol. The first-order valence-corrected chi connectivity index (χ1v) is 8.25. The summed E-state index contributed by atoms with van der Waals surface area (Å²) in [6, 6.07) is 0. The summed E-state index contributed by atoms with van der Waals surface area (Å²) >= 11 is 0. The Kier molecular flexibility index (Phi) is 2.57. The molecule has 19 heavy (non-hydrogen) atoms. The predicted molar refractivity (Wildman–Crippen MR) is 73.2 cm³/mol. The molecule has 4 rings (SSSR count). The lowest BCUT2D eigenvalue weighted by atomic mass is 9.61. The van der Waals surface area contributed by atoms with Crippen LogP contribution in [0.4, 0.5) is 0 Å². The zero-order valence-corrected chi connectivity index (χ0v) is 12.3. The molecule has 106 valence electrons. The Morgan fingerprint density at radius 1 is 1.11 bits per heavy atom. The second kappa shape index (κ2) is 3.99. The molecule has 0 aromatic carbocycles. The quantitative estimate of drug-likeness (QED) is 0.563. The van der Waals surface area contributed by atoms with Gasteiger partial charge in [0.2, 0.25) is 0 Å². The van der Waals surface area contributed by atoms with Gasteiger partial charge in [-0.05, 0) is 66.6 Å². The fraction of sp³-hybridized carbons (Fsp3) is 0.941. The highest BCUT2D eigenvalue weighted by molar-refractivity contribution is 5.73. The van der Waals surface area contributed by atoms with E-state index in [1.165, 1.54) is 19.3 Å². The minimum atomic E-state index is 0.0785. The minimum absolute atomic E-state index is 0.0785. The van der Waals surface area contributed by atoms with E-state index < -0.39 is 0 Å². The van der Waals surface area contributed by atoms with Crippen molar-refractivity contribution in [3.63, 3.8) is 0 Å². The topological polar surface area (TPSA) is 26.3 Å². The van der Waals surface area contributed by atoms with Gasteiger partial charge >= 0.3 is 5.97 Å². The molecule has 9 atom stereocenters. The molecule has 4 bridgehead atoms. The van der Waals surface area contributed by atoms with E-state index in [0.717, 1.165) is 47.8 Å². The van der Waals surface area contributed by atoms with E-state index in [2.05, 4.69) is 13.8 Å². The van der Waals surface area contributed by atoms with Crippen molar-refractivity contribution >= 4 is 5.97 Å². The van der Waals surface area contributed by atoms with Gasteiger partial charge in [0.25, 0.3) is 0 Å². The van der Waals surface area contributed by atoms with Crippen LogP contribution in [0.1, 0.15) is 39.5 Å². The fourth-order valence-corrected chi connectivity index (χ4v) is 7.15. The molecule has 0 N–H and O–H groups in total. The first kappa shape index (κ1) is 12.2. The number of fused-ring (bicyclic) bond motifs is 9. The normalized spacial score (nSPS) is 57.5. The van der Waals surface area contributed by atoms with E-state index in [4.69, 9.17) is 4.74 Å². The molecule has 4 aliphatic rings. The van der Waals surface area contributed by atoms with E-state index >= 15 is 0 Å². The van der Waals surface area contributed by atoms with Gasteiger partial charge in [-0.1, -0.05) is 20.3 Å². The first-order chi connectivity index (χ1) is 9.17. The van der Waals surface area contributed by atoms with Crippen LogP contribution in [0.25, 0.3) is 0 Å². The predicted octanol–water partition coefficient (Wildman–Crippen LogP) is 3.36. The Morgan fingerprint density at radius 2 is 1.89 bits per heavy atom. The third-order valence-electron chi connectivity index (χ3n) is 7.54. The van der Waals surface area contributed by atoms with Gasteiger partial charge in [0.05, 0.1) is 13.0 Å². The number of hydrogen-bond acceptors (Lipinski definition) is 2.